The van der Waals surface area contributed by atoms with E-state index in [9.17, 15) is 14.4 Å². The van der Waals surface area contributed by atoms with Crippen LogP contribution in [0.4, 0.5) is 0 Å². The van der Waals surface area contributed by atoms with E-state index in [0.717, 1.165) is 22.0 Å². The van der Waals surface area contributed by atoms with Crippen molar-refractivity contribution in [2.24, 2.45) is 5.10 Å². The first kappa shape index (κ1) is 31.3. The van der Waals surface area contributed by atoms with Gasteiger partial charge in [0.15, 0.2) is 23.0 Å². The minimum absolute atomic E-state index is 0.161. The minimum atomic E-state index is -0.680. The van der Waals surface area contributed by atoms with E-state index in [4.69, 9.17) is 23.7 Å². The van der Waals surface area contributed by atoms with E-state index in [1.165, 1.54) is 45.6 Å². The van der Waals surface area contributed by atoms with Crippen molar-refractivity contribution in [2.45, 2.75) is 13.8 Å². The topological polar surface area (TPSA) is 138 Å². The highest BCUT2D eigenvalue weighted by molar-refractivity contribution is 6.10. The Bertz CT molecular complexity index is 1930. The molecule has 4 aromatic carbocycles. The zero-order chi connectivity index (χ0) is 32.6. The number of H-pyrrole nitrogens is 1. The lowest BCUT2D eigenvalue weighted by atomic mass is 10.0. The van der Waals surface area contributed by atoms with Gasteiger partial charge in [-0.25, -0.2) is 10.2 Å². The molecule has 11 heteroatoms. The molecule has 0 unspecified atom stereocenters. The number of ether oxygens (including phenoxy) is 5. The van der Waals surface area contributed by atoms with E-state index >= 15 is 0 Å². The molecular weight excluding hydrogens is 590 g/mol. The number of hydrogen-bond donors (Lipinski definition) is 2. The van der Waals surface area contributed by atoms with Crippen LogP contribution in [0.5, 0.6) is 28.7 Å². The van der Waals surface area contributed by atoms with Crippen molar-refractivity contribution in [1.82, 2.24) is 10.4 Å². The van der Waals surface area contributed by atoms with Crippen molar-refractivity contribution in [2.75, 3.05) is 20.8 Å². The van der Waals surface area contributed by atoms with Gasteiger partial charge in [0.25, 0.3) is 5.91 Å². The Hall–Kier alpha value is -6.10. The summed E-state index contributed by atoms with van der Waals surface area (Å²) >= 11 is 0. The zero-order valence-corrected chi connectivity index (χ0v) is 25.6. The van der Waals surface area contributed by atoms with Crippen LogP contribution >= 0.6 is 0 Å². The molecule has 0 aliphatic rings. The second kappa shape index (κ2) is 14.1. The number of nitrogens with zero attached hydrogens (tertiary/aromatic N) is 1. The number of aromatic amines is 1. The first-order valence-electron chi connectivity index (χ1n) is 14.2. The van der Waals surface area contributed by atoms with Gasteiger partial charge in [0.05, 0.1) is 32.6 Å². The molecule has 0 atom stereocenters. The molecule has 1 amide bonds. The fraction of sp³-hybridized carbons (Fsp3) is 0.143. The van der Waals surface area contributed by atoms with Crippen LogP contribution in [0.1, 0.15) is 40.3 Å². The van der Waals surface area contributed by atoms with Crippen molar-refractivity contribution < 1.29 is 38.1 Å². The average Bonchev–Trinajstić information content (AvgIpc) is 3.44. The van der Waals surface area contributed by atoms with E-state index in [2.05, 4.69) is 15.5 Å². The van der Waals surface area contributed by atoms with Gasteiger partial charge in [0.2, 0.25) is 0 Å². The van der Waals surface area contributed by atoms with Gasteiger partial charge in [0.1, 0.15) is 11.4 Å². The van der Waals surface area contributed by atoms with E-state index in [0.29, 0.717) is 23.6 Å². The summed E-state index contributed by atoms with van der Waals surface area (Å²) in [7, 11) is 2.83. The second-order valence-corrected chi connectivity index (χ2v) is 9.84. The lowest BCUT2D eigenvalue weighted by Gasteiger charge is -2.12. The predicted octanol–water partition coefficient (Wildman–Crippen LogP) is 6.16. The summed E-state index contributed by atoms with van der Waals surface area (Å²) in [5, 5.41) is 5.00. The number of hydrogen-bond acceptors (Lipinski definition) is 9. The monoisotopic (exact) mass is 621 g/mol. The molecule has 2 N–H and O–H groups in total. The molecule has 0 spiro atoms. The highest BCUT2D eigenvalue weighted by atomic mass is 16.6. The summed E-state index contributed by atoms with van der Waals surface area (Å²) in [5.41, 5.74) is 6.07. The van der Waals surface area contributed by atoms with Gasteiger partial charge in [-0.3, -0.25) is 9.59 Å². The maximum absolute atomic E-state index is 13.4. The quantitative estimate of drug-likeness (QED) is 0.0775. The van der Waals surface area contributed by atoms with Gasteiger partial charge in [-0.05, 0) is 72.6 Å². The van der Waals surface area contributed by atoms with Crippen LogP contribution in [0.2, 0.25) is 0 Å². The van der Waals surface area contributed by atoms with Crippen LogP contribution in [0.25, 0.3) is 22.0 Å². The molecule has 11 nitrogen and oxygen atoms in total. The van der Waals surface area contributed by atoms with Crippen molar-refractivity contribution >= 4 is 35.0 Å². The number of amides is 1. The molecule has 46 heavy (non-hydrogen) atoms. The number of carbonyl (C=O) groups excluding carboxylic acids is 3. The Balaban J connectivity index is 1.33. The van der Waals surface area contributed by atoms with Gasteiger partial charge in [-0.2, -0.15) is 5.10 Å². The van der Waals surface area contributed by atoms with Crippen molar-refractivity contribution in [1.29, 1.82) is 0 Å². The molecule has 1 heterocycles. The van der Waals surface area contributed by atoms with E-state index in [1.807, 2.05) is 55.5 Å². The molecule has 0 radical (unpaired) electrons. The number of rotatable bonds is 11. The molecule has 5 rings (SSSR count). The van der Waals surface area contributed by atoms with Gasteiger partial charge >= 0.3 is 11.9 Å². The van der Waals surface area contributed by atoms with Gasteiger partial charge < -0.3 is 28.7 Å². The molecule has 0 fully saturated rings. The summed E-state index contributed by atoms with van der Waals surface area (Å²) in [6.07, 6.45) is 1.45. The fourth-order valence-electron chi connectivity index (χ4n) is 4.77. The normalized spacial score (nSPS) is 10.9. The number of fused-ring (bicyclic) bond motifs is 1. The summed E-state index contributed by atoms with van der Waals surface area (Å²) in [5.74, 6) is -0.130. The van der Waals surface area contributed by atoms with E-state index in [-0.39, 0.29) is 28.6 Å². The molecule has 0 aliphatic carbocycles. The molecule has 0 saturated heterocycles. The van der Waals surface area contributed by atoms with E-state index in [1.54, 1.807) is 18.2 Å². The maximum atomic E-state index is 13.4. The Morgan fingerprint density at radius 1 is 0.826 bits per heavy atom. The SMILES string of the molecule is CCOc1ccc2[nH]c(C(=O)NN=Cc3ccc(OC(=O)c4ccc(OC(C)=O)c(OC)c4)c(OC)c3)c(-c3ccccc3)c2c1. The van der Waals surface area contributed by atoms with Crippen LogP contribution in [0.3, 0.4) is 0 Å². The largest absolute Gasteiger partial charge is 0.494 e. The molecule has 1 aromatic heterocycles. The third kappa shape index (κ3) is 6.99. The van der Waals surface area contributed by atoms with Crippen LogP contribution < -0.4 is 29.1 Å². The Kier molecular flexibility index (Phi) is 9.62. The number of benzene rings is 4. The maximum Gasteiger partial charge on any atom is 0.343 e. The second-order valence-electron chi connectivity index (χ2n) is 9.84. The minimum Gasteiger partial charge on any atom is -0.494 e. The first-order valence-corrected chi connectivity index (χ1v) is 14.2. The molecule has 0 bridgehead atoms. The van der Waals surface area contributed by atoms with Crippen molar-refractivity contribution in [3.8, 4) is 39.9 Å². The molecule has 234 valence electrons. The number of esters is 2. The zero-order valence-electron chi connectivity index (χ0n) is 25.6. The Morgan fingerprint density at radius 3 is 2.26 bits per heavy atom. The summed E-state index contributed by atoms with van der Waals surface area (Å²) in [6, 6.07) is 24.3. The van der Waals surface area contributed by atoms with Gasteiger partial charge in [0, 0.05) is 23.4 Å². The first-order chi connectivity index (χ1) is 22.3. The molecule has 0 saturated carbocycles. The number of methoxy groups -OCH3 is 2. The Labute approximate surface area is 264 Å². The van der Waals surface area contributed by atoms with Gasteiger partial charge in [-0.15, -0.1) is 0 Å². The van der Waals surface area contributed by atoms with Crippen LogP contribution in [0.15, 0.2) is 90.0 Å². The summed E-state index contributed by atoms with van der Waals surface area (Å²) in [6.45, 7) is 3.70. The molecule has 5 aromatic rings. The number of hydrazone groups is 1. The standard InChI is InChI=1S/C35H31N3O8/c1-5-44-25-13-14-27-26(19-25)32(23-9-7-6-8-10-23)33(37-27)34(40)38-36-20-22-11-15-29(30(17-22)42-3)46-35(41)24-12-16-28(45-21(2)39)31(18-24)43-4/h6-20,37H,5H2,1-4H3,(H,38,40). The third-order valence-corrected chi connectivity index (χ3v) is 6.79. The van der Waals surface area contributed by atoms with Crippen LogP contribution in [0, 0.1) is 0 Å². The third-order valence-electron chi connectivity index (χ3n) is 6.79. The highest BCUT2D eigenvalue weighted by Crippen LogP contribution is 2.35. The molecular formula is C35H31N3O8. The van der Waals surface area contributed by atoms with Crippen molar-refractivity contribution in [3.05, 3.63) is 102 Å². The lowest BCUT2D eigenvalue weighted by Crippen LogP contribution is -2.18. The average molecular weight is 622 g/mol. The number of carbonyl (C=O) groups is 3. The highest BCUT2D eigenvalue weighted by Gasteiger charge is 2.20. The van der Waals surface area contributed by atoms with E-state index < -0.39 is 17.8 Å². The summed E-state index contributed by atoms with van der Waals surface area (Å²) < 4.78 is 27.0. The predicted molar refractivity (Wildman–Crippen MR) is 172 cm³/mol. The Morgan fingerprint density at radius 2 is 1.54 bits per heavy atom. The fourth-order valence-corrected chi connectivity index (χ4v) is 4.77. The summed E-state index contributed by atoms with van der Waals surface area (Å²) in [4.78, 5) is 40.8. The number of aromatic nitrogens is 1. The lowest BCUT2D eigenvalue weighted by molar-refractivity contribution is -0.132. The molecule has 0 aliphatic heterocycles. The van der Waals surface area contributed by atoms with Crippen molar-refractivity contribution in [3.63, 3.8) is 0 Å². The number of nitrogens with one attached hydrogen (secondary N) is 2. The van der Waals surface area contributed by atoms with Gasteiger partial charge in [-0.1, -0.05) is 30.3 Å². The van der Waals surface area contributed by atoms with Crippen LogP contribution in [-0.2, 0) is 4.79 Å². The smallest absolute Gasteiger partial charge is 0.343 e. The van der Waals surface area contributed by atoms with Crippen LogP contribution in [-0.4, -0.2) is 49.9 Å².